The molecule has 16 nitrogen and oxygen atoms in total. The second-order valence-corrected chi connectivity index (χ2v) is 23.2. The normalized spacial score (nSPS) is 16.6. The summed E-state index contributed by atoms with van der Waals surface area (Å²) >= 11 is 24.8. The number of likely N-dealkylation sites (N-methyl/N-ethyl adjacent to an activating group) is 2. The van der Waals surface area contributed by atoms with Gasteiger partial charge in [-0.05, 0) is 98.2 Å². The van der Waals surface area contributed by atoms with E-state index in [4.69, 9.17) is 65.4 Å². The van der Waals surface area contributed by atoms with Crippen molar-refractivity contribution in [1.29, 1.82) is 0 Å². The maximum Gasteiger partial charge on any atom is 0.240 e. The van der Waals surface area contributed by atoms with Gasteiger partial charge in [-0.1, -0.05) is 59.1 Å². The molecule has 22 heteroatoms. The Bertz CT molecular complexity index is 2540. The van der Waals surface area contributed by atoms with Crippen molar-refractivity contribution < 1.29 is 57.0 Å². The molecule has 6 rings (SSSR count). The SMILES string of the molecule is CN1Cc2c(Cl)cc(Cl)cc2C(c2cccc(S(=O)(=O)NCCOCCOCCNC(=O)C(C)(C)C(=O)NCCOCCOCCNS(=O)(=O)c3cccc(C4CN(C)Cc5c([ClH+])cc(Cl)cc54)c3)c2)C1. The van der Waals surface area contributed by atoms with Gasteiger partial charge in [0.15, 0.2) is 11.6 Å². The lowest BCUT2D eigenvalue weighted by Crippen LogP contribution is -2.49. The van der Waals surface area contributed by atoms with Gasteiger partial charge in [-0.25, -0.2) is 26.3 Å². The van der Waals surface area contributed by atoms with Crippen molar-refractivity contribution >= 4 is 66.7 Å². The molecule has 0 bridgehead atoms. The number of rotatable bonds is 26. The highest BCUT2D eigenvalue weighted by Crippen LogP contribution is 2.40. The number of hydrogen-bond acceptors (Lipinski definition) is 12. The molecular weight excluding hydrogens is 1040 g/mol. The lowest BCUT2D eigenvalue weighted by molar-refractivity contribution is -0.290. The molecule has 0 fully saturated rings. The molecule has 2 aliphatic rings. The number of hydrogen-bond donors (Lipinski definition) is 4. The Balaban J connectivity index is 0.781. The molecule has 0 radical (unpaired) electrons. The van der Waals surface area contributed by atoms with Gasteiger partial charge >= 0.3 is 0 Å². The average Bonchev–Trinajstić information content (AvgIpc) is 3.32. The second-order valence-electron chi connectivity index (χ2n) is 18.0. The smallest absolute Gasteiger partial charge is 0.240 e. The molecule has 2 heterocycles. The minimum Gasteiger partial charge on any atom is -0.378 e. The topological polar surface area (TPSA) is 194 Å². The predicted molar refractivity (Wildman–Crippen MR) is 271 cm³/mol. The molecule has 71 heavy (non-hydrogen) atoms. The van der Waals surface area contributed by atoms with Crippen LogP contribution in [-0.2, 0) is 61.7 Å². The van der Waals surface area contributed by atoms with Crippen molar-refractivity contribution in [2.75, 3.05) is 106 Å². The monoisotopic (exact) mass is 1100 g/mol. The van der Waals surface area contributed by atoms with E-state index in [-0.39, 0.29) is 101 Å². The fraction of sp³-hybridized carbons (Fsp3) is 0.469. The van der Waals surface area contributed by atoms with Crippen LogP contribution < -0.4 is 20.1 Å². The third-order valence-electron chi connectivity index (χ3n) is 12.2. The zero-order chi connectivity index (χ0) is 51.3. The average molecular weight is 1100 g/mol. The molecule has 0 aliphatic carbocycles. The van der Waals surface area contributed by atoms with E-state index in [1.165, 1.54) is 13.8 Å². The van der Waals surface area contributed by atoms with Gasteiger partial charge in [-0.15, -0.1) is 0 Å². The molecule has 4 N–H and O–H groups in total. The number of carbonyl (C=O) groups is 2. The molecule has 4 aromatic rings. The van der Waals surface area contributed by atoms with Crippen LogP contribution in [0.3, 0.4) is 0 Å². The number of benzene rings is 4. The van der Waals surface area contributed by atoms with Crippen molar-refractivity contribution in [3.63, 3.8) is 0 Å². The first-order chi connectivity index (χ1) is 33.8. The third-order valence-corrected chi connectivity index (χ3v) is 16.2. The Morgan fingerprint density at radius 1 is 0.606 bits per heavy atom. The highest BCUT2D eigenvalue weighted by Gasteiger charge is 2.36. The van der Waals surface area contributed by atoms with Crippen molar-refractivity contribution in [1.82, 2.24) is 29.9 Å². The fourth-order valence-corrected chi connectivity index (χ4v) is 11.7. The van der Waals surface area contributed by atoms with Crippen LogP contribution in [0.4, 0.5) is 0 Å². The van der Waals surface area contributed by atoms with E-state index >= 15 is 0 Å². The van der Waals surface area contributed by atoms with Gasteiger partial charge in [0.2, 0.25) is 36.9 Å². The summed E-state index contributed by atoms with van der Waals surface area (Å²) in [5, 5.41) is 7.79. The summed E-state index contributed by atoms with van der Waals surface area (Å²) in [7, 11) is -3.63. The van der Waals surface area contributed by atoms with Gasteiger partial charge in [0.25, 0.3) is 0 Å². The van der Waals surface area contributed by atoms with Crippen LogP contribution in [0.15, 0.2) is 82.6 Å². The van der Waals surface area contributed by atoms with Crippen LogP contribution in [-0.4, -0.2) is 145 Å². The third kappa shape index (κ3) is 15.8. The van der Waals surface area contributed by atoms with Gasteiger partial charge in [-0.3, -0.25) is 9.59 Å². The minimum atomic E-state index is -3.82. The maximum atomic E-state index is 13.2. The molecule has 2 unspecified atom stereocenters. The summed E-state index contributed by atoms with van der Waals surface area (Å²) in [6, 6.07) is 21.1. The molecule has 4 aromatic carbocycles. The number of amides is 2. The van der Waals surface area contributed by atoms with E-state index in [0.29, 0.717) is 46.3 Å². The first-order valence-corrected chi connectivity index (χ1v) is 27.7. The first kappa shape index (κ1) is 56.8. The van der Waals surface area contributed by atoms with Crippen molar-refractivity contribution in [2.24, 2.45) is 5.41 Å². The van der Waals surface area contributed by atoms with Gasteiger partial charge < -0.3 is 39.4 Å². The van der Waals surface area contributed by atoms with Crippen LogP contribution in [0.1, 0.15) is 59.1 Å². The minimum absolute atomic E-state index is 0.0524. The standard InChI is InChI=1S/C49H62Cl4N6O10S2/c1-49(2,47(60)54-11-15-66-19-21-68-17-13-56-70(62,63)37-9-5-7-33(23-37)41-29-58(3)31-43-39(41)25-35(50)27-45(43)52)48(61)55-12-16-67-20-22-69-18-14-57-71(64,65)38-10-6-8-34(24-38)42-30-59(4)32-44-40(42)26-36(51)28-46(44)53/h5-10,23-28,41-42,52,56-57H,11-22,29-32H2,1-4H3,(H-,54,55,60,61)/p+1. The van der Waals surface area contributed by atoms with E-state index in [0.717, 1.165) is 33.4 Å². The molecule has 2 amide bonds. The Morgan fingerprint density at radius 2 is 1.01 bits per heavy atom. The van der Waals surface area contributed by atoms with Crippen molar-refractivity contribution in [2.45, 2.75) is 48.6 Å². The van der Waals surface area contributed by atoms with E-state index in [9.17, 15) is 26.4 Å². The summed E-state index contributed by atoms with van der Waals surface area (Å²) < 4.78 is 80.0. The molecule has 2 aliphatic heterocycles. The zero-order valence-electron chi connectivity index (χ0n) is 40.2. The molecular formula is C49H63Cl4N6O10S2+. The van der Waals surface area contributed by atoms with E-state index in [1.807, 2.05) is 38.4 Å². The molecule has 0 saturated carbocycles. The number of halogens is 4. The molecule has 2 atom stereocenters. The van der Waals surface area contributed by atoms with Crippen LogP contribution in [0.2, 0.25) is 20.1 Å². The molecule has 0 spiro atoms. The summed E-state index contributed by atoms with van der Waals surface area (Å²) in [4.78, 5) is 30.2. The number of sulfonamides is 2. The Hall–Kier alpha value is -3.44. The van der Waals surface area contributed by atoms with Crippen molar-refractivity contribution in [3.05, 3.63) is 126 Å². The summed E-state index contributed by atoms with van der Waals surface area (Å²) in [5.74, 6) is -1.15. The molecule has 0 saturated heterocycles. The number of nitrogens with zero attached hydrogens (tertiary/aromatic N) is 2. The van der Waals surface area contributed by atoms with Crippen LogP contribution in [0.5, 0.6) is 0 Å². The van der Waals surface area contributed by atoms with Gasteiger partial charge in [0.05, 0.1) is 62.6 Å². The van der Waals surface area contributed by atoms with E-state index in [2.05, 4.69) is 29.9 Å². The van der Waals surface area contributed by atoms with Crippen LogP contribution >= 0.6 is 34.8 Å². The summed E-state index contributed by atoms with van der Waals surface area (Å²) in [6.07, 6.45) is 0. The van der Waals surface area contributed by atoms with Crippen LogP contribution in [0, 0.1) is 17.0 Å². The Labute approximate surface area is 437 Å². The van der Waals surface area contributed by atoms with Gasteiger partial charge in [0, 0.05) is 90.9 Å². The van der Waals surface area contributed by atoms with E-state index < -0.39 is 37.3 Å². The lowest BCUT2D eigenvalue weighted by atomic mass is 9.85. The van der Waals surface area contributed by atoms with Crippen LogP contribution in [0.25, 0.3) is 0 Å². The molecule has 388 valence electrons. The maximum absolute atomic E-state index is 13.2. The Morgan fingerprint density at radius 3 is 1.48 bits per heavy atom. The predicted octanol–water partition coefficient (Wildman–Crippen LogP) is 5.08. The number of carbonyl (C=O) groups excluding carboxylic acids is 2. The van der Waals surface area contributed by atoms with Crippen molar-refractivity contribution in [3.8, 4) is 0 Å². The summed E-state index contributed by atoms with van der Waals surface area (Å²) in [5.41, 5.74) is 4.34. The highest BCUT2D eigenvalue weighted by atomic mass is 35.5. The van der Waals surface area contributed by atoms with Gasteiger partial charge in [-0.2, -0.15) is 0 Å². The largest absolute Gasteiger partial charge is 0.378 e. The Kier molecular flexibility index (Phi) is 21.0. The lowest BCUT2D eigenvalue weighted by Gasteiger charge is -2.33. The highest BCUT2D eigenvalue weighted by molar-refractivity contribution is 7.89. The van der Waals surface area contributed by atoms with Gasteiger partial charge in [0.1, 0.15) is 5.41 Å². The zero-order valence-corrected chi connectivity index (χ0v) is 44.9. The van der Waals surface area contributed by atoms with E-state index in [1.54, 1.807) is 48.5 Å². The fourth-order valence-electron chi connectivity index (χ4n) is 8.39. The molecule has 0 aromatic heterocycles. The quantitative estimate of drug-likeness (QED) is 0.0483. The summed E-state index contributed by atoms with van der Waals surface area (Å²) in [6.45, 7) is 7.62. The number of ether oxygens (including phenoxy) is 4. The second kappa shape index (κ2) is 26.2. The number of fused-ring (bicyclic) bond motifs is 2. The number of nitrogens with one attached hydrogen (secondary N) is 4. The first-order valence-electron chi connectivity index (χ1n) is 23.2.